The van der Waals surface area contributed by atoms with Gasteiger partial charge in [0.25, 0.3) is 0 Å². The fourth-order valence-electron chi connectivity index (χ4n) is 9.06. The summed E-state index contributed by atoms with van der Waals surface area (Å²) in [5.41, 5.74) is 0.648. The molecule has 0 radical (unpaired) electrons. The average molecular weight is 377 g/mol. The first-order valence-electron chi connectivity index (χ1n) is 11.9. The highest BCUT2D eigenvalue weighted by Gasteiger charge is 2.68. The molecule has 154 valence electrons. The fraction of sp³-hybridized carbons (Fsp3) is 1.00. The maximum absolute atomic E-state index is 10.4. The molecule has 8 unspecified atom stereocenters. The molecule has 0 bridgehead atoms. The lowest BCUT2D eigenvalue weighted by Gasteiger charge is -2.63. The first kappa shape index (κ1) is 18.9. The van der Waals surface area contributed by atoms with Crippen molar-refractivity contribution < 1.29 is 14.6 Å². The molecule has 27 heavy (non-hydrogen) atoms. The molecule has 4 saturated carbocycles. The standard InChI is InChI=1S/C24H40O3/c1-4-5-16-14-18-19(22(2)9-6-17(25)15-21(16)22)7-10-23(3)20(18)8-11-24(23)26-12-13-27-24/h16-21,25H,4-15H2,1-3H3. The summed E-state index contributed by atoms with van der Waals surface area (Å²) in [4.78, 5) is 0. The lowest BCUT2D eigenvalue weighted by molar-refractivity contribution is -0.251. The average Bonchev–Trinajstić information content (AvgIpc) is 3.23. The number of hydrogen-bond donors (Lipinski definition) is 1. The SMILES string of the molecule is CCCC1CC2C(CCC3(C)C2CCC32OCCO2)C2(C)CCC(O)CC12. The second-order valence-electron chi connectivity index (χ2n) is 11.1. The molecule has 5 aliphatic rings. The van der Waals surface area contributed by atoms with Gasteiger partial charge in [-0.15, -0.1) is 0 Å². The number of fused-ring (bicyclic) bond motifs is 6. The summed E-state index contributed by atoms with van der Waals surface area (Å²) in [7, 11) is 0. The van der Waals surface area contributed by atoms with Gasteiger partial charge in [0.1, 0.15) is 0 Å². The van der Waals surface area contributed by atoms with Crippen molar-refractivity contribution in [2.45, 2.75) is 96.9 Å². The minimum atomic E-state index is -0.274. The lowest BCUT2D eigenvalue weighted by atomic mass is 9.42. The summed E-state index contributed by atoms with van der Waals surface area (Å²) in [6.07, 6.45) is 12.3. The molecular weight excluding hydrogens is 336 g/mol. The molecule has 8 atom stereocenters. The van der Waals surface area contributed by atoms with E-state index in [1.54, 1.807) is 0 Å². The predicted molar refractivity (Wildman–Crippen MR) is 106 cm³/mol. The summed E-state index contributed by atoms with van der Waals surface area (Å²) < 4.78 is 12.6. The van der Waals surface area contributed by atoms with Crippen molar-refractivity contribution in [2.24, 2.45) is 40.4 Å². The van der Waals surface area contributed by atoms with Crippen LogP contribution in [0.3, 0.4) is 0 Å². The van der Waals surface area contributed by atoms with Crippen molar-refractivity contribution in [2.75, 3.05) is 13.2 Å². The highest BCUT2D eigenvalue weighted by molar-refractivity contribution is 5.13. The predicted octanol–water partition coefficient (Wildman–Crippen LogP) is 5.16. The largest absolute Gasteiger partial charge is 0.393 e. The summed E-state index contributed by atoms with van der Waals surface area (Å²) in [5, 5.41) is 10.4. The van der Waals surface area contributed by atoms with Crippen LogP contribution >= 0.6 is 0 Å². The van der Waals surface area contributed by atoms with Crippen molar-refractivity contribution >= 4 is 0 Å². The molecule has 1 heterocycles. The van der Waals surface area contributed by atoms with E-state index in [2.05, 4.69) is 20.8 Å². The highest BCUT2D eigenvalue weighted by atomic mass is 16.7. The normalized spacial score (nSPS) is 53.8. The van der Waals surface area contributed by atoms with Crippen LogP contribution in [0.15, 0.2) is 0 Å². The molecule has 1 N–H and O–H groups in total. The monoisotopic (exact) mass is 376 g/mol. The molecule has 0 amide bonds. The Morgan fingerprint density at radius 2 is 1.63 bits per heavy atom. The molecule has 4 aliphatic carbocycles. The zero-order chi connectivity index (χ0) is 18.9. The van der Waals surface area contributed by atoms with Gasteiger partial charge in [-0.1, -0.05) is 33.6 Å². The van der Waals surface area contributed by atoms with E-state index in [0.29, 0.717) is 5.41 Å². The van der Waals surface area contributed by atoms with E-state index in [1.165, 1.54) is 44.9 Å². The van der Waals surface area contributed by atoms with Gasteiger partial charge in [0.15, 0.2) is 5.79 Å². The Balaban J connectivity index is 1.48. The molecular formula is C24H40O3. The van der Waals surface area contributed by atoms with Gasteiger partial charge in [0.2, 0.25) is 0 Å². The first-order valence-corrected chi connectivity index (χ1v) is 11.9. The molecule has 5 fully saturated rings. The minimum Gasteiger partial charge on any atom is -0.393 e. The minimum absolute atomic E-state index is 0.0529. The van der Waals surface area contributed by atoms with Crippen LogP contribution in [0.4, 0.5) is 0 Å². The molecule has 5 rings (SSSR count). The molecule has 0 aromatic heterocycles. The van der Waals surface area contributed by atoms with Gasteiger partial charge in [0, 0.05) is 11.8 Å². The summed E-state index contributed by atoms with van der Waals surface area (Å²) in [6.45, 7) is 9.02. The fourth-order valence-corrected chi connectivity index (χ4v) is 9.06. The van der Waals surface area contributed by atoms with E-state index >= 15 is 0 Å². The maximum atomic E-state index is 10.4. The molecule has 1 saturated heterocycles. The van der Waals surface area contributed by atoms with Gasteiger partial charge in [0.05, 0.1) is 19.3 Å². The van der Waals surface area contributed by atoms with Crippen LogP contribution in [0.5, 0.6) is 0 Å². The van der Waals surface area contributed by atoms with Crippen molar-refractivity contribution in [3.8, 4) is 0 Å². The summed E-state index contributed by atoms with van der Waals surface area (Å²) >= 11 is 0. The van der Waals surface area contributed by atoms with E-state index in [4.69, 9.17) is 9.47 Å². The maximum Gasteiger partial charge on any atom is 0.174 e. The molecule has 0 aromatic rings. The van der Waals surface area contributed by atoms with E-state index in [1.807, 2.05) is 0 Å². The van der Waals surface area contributed by atoms with Crippen LogP contribution in [0.1, 0.15) is 85.0 Å². The Labute approximate surface area is 165 Å². The number of aliphatic hydroxyl groups is 1. The second kappa shape index (κ2) is 6.44. The number of rotatable bonds is 2. The third-order valence-corrected chi connectivity index (χ3v) is 10.3. The summed E-state index contributed by atoms with van der Waals surface area (Å²) in [6, 6.07) is 0. The van der Waals surface area contributed by atoms with E-state index in [-0.39, 0.29) is 17.3 Å². The Kier molecular flexibility index (Phi) is 4.50. The number of ether oxygens (including phenoxy) is 2. The number of aliphatic hydroxyl groups excluding tert-OH is 1. The van der Waals surface area contributed by atoms with Crippen LogP contribution in [0.2, 0.25) is 0 Å². The van der Waals surface area contributed by atoms with Gasteiger partial charge >= 0.3 is 0 Å². The van der Waals surface area contributed by atoms with E-state index in [0.717, 1.165) is 62.1 Å². The first-order chi connectivity index (χ1) is 12.9. The molecule has 3 heteroatoms. The van der Waals surface area contributed by atoms with Gasteiger partial charge in [-0.2, -0.15) is 0 Å². The van der Waals surface area contributed by atoms with Crippen LogP contribution in [0.25, 0.3) is 0 Å². The Bertz CT molecular complexity index is 570. The van der Waals surface area contributed by atoms with Crippen LogP contribution in [-0.4, -0.2) is 30.2 Å². The zero-order valence-electron chi connectivity index (χ0n) is 17.7. The van der Waals surface area contributed by atoms with Gasteiger partial charge in [-0.3, -0.25) is 0 Å². The van der Waals surface area contributed by atoms with Crippen molar-refractivity contribution in [1.82, 2.24) is 0 Å². The molecule has 1 spiro atoms. The Morgan fingerprint density at radius 1 is 0.889 bits per heavy atom. The smallest absolute Gasteiger partial charge is 0.174 e. The van der Waals surface area contributed by atoms with Crippen molar-refractivity contribution in [3.63, 3.8) is 0 Å². The van der Waals surface area contributed by atoms with Crippen molar-refractivity contribution in [1.29, 1.82) is 0 Å². The van der Waals surface area contributed by atoms with Crippen molar-refractivity contribution in [3.05, 3.63) is 0 Å². The molecule has 0 aromatic carbocycles. The Morgan fingerprint density at radius 3 is 2.37 bits per heavy atom. The topological polar surface area (TPSA) is 38.7 Å². The zero-order valence-corrected chi connectivity index (χ0v) is 17.7. The Hall–Kier alpha value is -0.120. The van der Waals surface area contributed by atoms with Gasteiger partial charge in [-0.05, 0) is 80.0 Å². The highest BCUT2D eigenvalue weighted by Crippen LogP contribution is 2.70. The van der Waals surface area contributed by atoms with Crippen LogP contribution in [0, 0.1) is 40.4 Å². The van der Waals surface area contributed by atoms with Crippen LogP contribution in [-0.2, 0) is 9.47 Å². The lowest BCUT2D eigenvalue weighted by Crippen LogP contribution is -2.59. The third-order valence-electron chi connectivity index (χ3n) is 10.3. The van der Waals surface area contributed by atoms with Crippen LogP contribution < -0.4 is 0 Å². The third kappa shape index (κ3) is 2.50. The number of hydrogen-bond acceptors (Lipinski definition) is 3. The van der Waals surface area contributed by atoms with E-state index < -0.39 is 0 Å². The van der Waals surface area contributed by atoms with E-state index in [9.17, 15) is 5.11 Å². The van der Waals surface area contributed by atoms with Gasteiger partial charge < -0.3 is 14.6 Å². The summed E-state index contributed by atoms with van der Waals surface area (Å²) in [5.74, 6) is 3.71. The molecule has 1 aliphatic heterocycles. The quantitative estimate of drug-likeness (QED) is 0.723. The molecule has 3 nitrogen and oxygen atoms in total. The second-order valence-corrected chi connectivity index (χ2v) is 11.1. The van der Waals surface area contributed by atoms with Gasteiger partial charge in [-0.25, -0.2) is 0 Å².